The number of carbonyl (C=O) groups is 2. The molecule has 0 unspecified atom stereocenters. The van der Waals surface area contributed by atoms with E-state index >= 15 is 0 Å². The number of carbonyl (C=O) groups excluding carboxylic acids is 2. The lowest BCUT2D eigenvalue weighted by atomic mass is 9.86. The van der Waals surface area contributed by atoms with E-state index in [1.54, 1.807) is 6.07 Å². The summed E-state index contributed by atoms with van der Waals surface area (Å²) >= 11 is 1.35. The van der Waals surface area contributed by atoms with E-state index in [-0.39, 0.29) is 5.41 Å². The lowest BCUT2D eigenvalue weighted by Crippen LogP contribution is -2.30. The SMILES string of the molecule is Cc1nc(NC(=O)C(=O)Nc2ccccc2C(C)(C)C)sc1C. The number of aromatic nitrogens is 1. The van der Waals surface area contributed by atoms with Gasteiger partial charge >= 0.3 is 11.8 Å². The van der Waals surface area contributed by atoms with Crippen LogP contribution in [0.1, 0.15) is 36.9 Å². The molecule has 0 radical (unpaired) electrons. The molecule has 0 aliphatic heterocycles. The molecular formula is C17H21N3O2S. The highest BCUT2D eigenvalue weighted by atomic mass is 32.1. The van der Waals surface area contributed by atoms with Crippen molar-refractivity contribution in [3.8, 4) is 0 Å². The van der Waals surface area contributed by atoms with Gasteiger partial charge in [0, 0.05) is 10.6 Å². The standard InChI is InChI=1S/C17H21N3O2S/c1-10-11(2)23-16(18-10)20-15(22)14(21)19-13-9-7-6-8-12(13)17(3,4)5/h6-9H,1-5H3,(H,19,21)(H,18,20,22). The van der Waals surface area contributed by atoms with E-state index in [9.17, 15) is 9.59 Å². The summed E-state index contributed by atoms with van der Waals surface area (Å²) in [6.07, 6.45) is 0. The number of rotatable bonds is 2. The van der Waals surface area contributed by atoms with E-state index in [1.165, 1.54) is 11.3 Å². The average Bonchev–Trinajstić information content (AvgIpc) is 2.76. The molecule has 2 amide bonds. The van der Waals surface area contributed by atoms with Gasteiger partial charge in [-0.25, -0.2) is 4.98 Å². The molecule has 1 heterocycles. The molecule has 0 atom stereocenters. The first-order chi connectivity index (χ1) is 10.7. The molecule has 0 fully saturated rings. The number of hydrogen-bond acceptors (Lipinski definition) is 4. The van der Waals surface area contributed by atoms with Gasteiger partial charge in [0.1, 0.15) is 0 Å². The van der Waals surface area contributed by atoms with Crippen LogP contribution in [0.5, 0.6) is 0 Å². The minimum Gasteiger partial charge on any atom is -0.317 e. The summed E-state index contributed by atoms with van der Waals surface area (Å²) in [5.41, 5.74) is 2.33. The second kappa shape index (κ2) is 6.50. The van der Waals surface area contributed by atoms with Gasteiger partial charge in [-0.2, -0.15) is 0 Å². The van der Waals surface area contributed by atoms with Gasteiger partial charge in [-0.1, -0.05) is 39.0 Å². The molecular weight excluding hydrogens is 310 g/mol. The first-order valence-corrected chi connectivity index (χ1v) is 8.16. The molecule has 0 spiro atoms. The molecule has 1 aromatic carbocycles. The van der Waals surface area contributed by atoms with Gasteiger partial charge < -0.3 is 5.32 Å². The van der Waals surface area contributed by atoms with Gasteiger partial charge in [0.05, 0.1) is 5.69 Å². The zero-order chi connectivity index (χ0) is 17.2. The van der Waals surface area contributed by atoms with Gasteiger partial charge in [0.15, 0.2) is 5.13 Å². The fraction of sp³-hybridized carbons (Fsp3) is 0.353. The van der Waals surface area contributed by atoms with Crippen LogP contribution in [-0.4, -0.2) is 16.8 Å². The maximum atomic E-state index is 12.1. The van der Waals surface area contributed by atoms with Crippen molar-refractivity contribution in [3.05, 3.63) is 40.4 Å². The Hall–Kier alpha value is -2.21. The van der Waals surface area contributed by atoms with Crippen LogP contribution in [0.3, 0.4) is 0 Å². The van der Waals surface area contributed by atoms with Crippen molar-refractivity contribution in [2.24, 2.45) is 0 Å². The van der Waals surface area contributed by atoms with Crippen molar-refractivity contribution < 1.29 is 9.59 Å². The van der Waals surface area contributed by atoms with Gasteiger partial charge in [-0.05, 0) is 30.9 Å². The molecule has 2 aromatic rings. The summed E-state index contributed by atoms with van der Waals surface area (Å²) in [5, 5.41) is 5.66. The first kappa shape index (κ1) is 17.1. The lowest BCUT2D eigenvalue weighted by Gasteiger charge is -2.22. The lowest BCUT2D eigenvalue weighted by molar-refractivity contribution is -0.133. The van der Waals surface area contributed by atoms with Crippen LogP contribution in [0.15, 0.2) is 24.3 Å². The molecule has 0 saturated heterocycles. The number of anilines is 2. The number of aryl methyl sites for hydroxylation is 2. The third kappa shape index (κ3) is 4.16. The van der Waals surface area contributed by atoms with Gasteiger partial charge in [-0.15, -0.1) is 11.3 Å². The Balaban J connectivity index is 2.12. The number of nitrogens with one attached hydrogen (secondary N) is 2. The van der Waals surface area contributed by atoms with E-state index in [2.05, 4.69) is 36.4 Å². The minimum absolute atomic E-state index is 0.135. The van der Waals surface area contributed by atoms with Crippen molar-refractivity contribution in [1.82, 2.24) is 4.98 Å². The molecule has 23 heavy (non-hydrogen) atoms. The Morgan fingerprint density at radius 1 is 1.04 bits per heavy atom. The second-order valence-electron chi connectivity index (χ2n) is 6.36. The van der Waals surface area contributed by atoms with Crippen LogP contribution in [0.25, 0.3) is 0 Å². The predicted octanol–water partition coefficient (Wildman–Crippen LogP) is 3.63. The summed E-state index contributed by atoms with van der Waals surface area (Å²) < 4.78 is 0. The fourth-order valence-corrected chi connectivity index (χ4v) is 2.91. The zero-order valence-electron chi connectivity index (χ0n) is 14.0. The third-order valence-electron chi connectivity index (χ3n) is 3.44. The largest absolute Gasteiger partial charge is 0.317 e. The molecule has 0 bridgehead atoms. The molecule has 0 aliphatic rings. The Kier molecular flexibility index (Phi) is 4.85. The van der Waals surface area contributed by atoms with E-state index in [1.807, 2.05) is 32.0 Å². The van der Waals surface area contributed by atoms with Crippen LogP contribution in [0.4, 0.5) is 10.8 Å². The quantitative estimate of drug-likeness (QED) is 0.825. The van der Waals surface area contributed by atoms with Gasteiger partial charge in [0.25, 0.3) is 0 Å². The van der Waals surface area contributed by atoms with Crippen molar-refractivity contribution >= 4 is 34.0 Å². The molecule has 2 rings (SSSR count). The minimum atomic E-state index is -0.720. The van der Waals surface area contributed by atoms with E-state index in [0.29, 0.717) is 10.8 Å². The second-order valence-corrected chi connectivity index (χ2v) is 7.57. The number of nitrogens with zero attached hydrogens (tertiary/aromatic N) is 1. The highest BCUT2D eigenvalue weighted by molar-refractivity contribution is 7.15. The molecule has 1 aromatic heterocycles. The zero-order valence-corrected chi connectivity index (χ0v) is 14.8. The van der Waals surface area contributed by atoms with Gasteiger partial charge in [0.2, 0.25) is 0 Å². The normalized spacial score (nSPS) is 11.2. The van der Waals surface area contributed by atoms with E-state index in [4.69, 9.17) is 0 Å². The van der Waals surface area contributed by atoms with Crippen molar-refractivity contribution in [3.63, 3.8) is 0 Å². The average molecular weight is 331 g/mol. The summed E-state index contributed by atoms with van der Waals surface area (Å²) in [4.78, 5) is 29.4. The van der Waals surface area contributed by atoms with Crippen LogP contribution in [0.2, 0.25) is 0 Å². The maximum Gasteiger partial charge on any atom is 0.315 e. The molecule has 2 N–H and O–H groups in total. The number of hydrogen-bond donors (Lipinski definition) is 2. The summed E-state index contributed by atoms with van der Waals surface area (Å²) in [5.74, 6) is -1.42. The molecule has 0 aliphatic carbocycles. The van der Waals surface area contributed by atoms with Crippen LogP contribution >= 0.6 is 11.3 Å². The summed E-state index contributed by atoms with van der Waals surface area (Å²) in [6, 6.07) is 7.48. The number of benzene rings is 1. The Bertz CT molecular complexity index is 725. The Morgan fingerprint density at radius 2 is 1.65 bits per heavy atom. The van der Waals surface area contributed by atoms with Crippen molar-refractivity contribution in [2.75, 3.05) is 10.6 Å². The Morgan fingerprint density at radius 3 is 2.22 bits per heavy atom. The highest BCUT2D eigenvalue weighted by Crippen LogP contribution is 2.29. The molecule has 6 heteroatoms. The van der Waals surface area contributed by atoms with Crippen LogP contribution < -0.4 is 10.6 Å². The fourth-order valence-electron chi connectivity index (χ4n) is 2.11. The maximum absolute atomic E-state index is 12.1. The summed E-state index contributed by atoms with van der Waals surface area (Å²) in [7, 11) is 0. The molecule has 5 nitrogen and oxygen atoms in total. The predicted molar refractivity (Wildman–Crippen MR) is 94.0 cm³/mol. The highest BCUT2D eigenvalue weighted by Gasteiger charge is 2.21. The molecule has 122 valence electrons. The number of amides is 2. The van der Waals surface area contributed by atoms with E-state index in [0.717, 1.165) is 16.1 Å². The monoisotopic (exact) mass is 331 g/mol. The number of thiazole rings is 1. The number of para-hydroxylation sites is 1. The molecule has 0 saturated carbocycles. The van der Waals surface area contributed by atoms with Crippen molar-refractivity contribution in [1.29, 1.82) is 0 Å². The summed E-state index contributed by atoms with van der Waals surface area (Å²) in [6.45, 7) is 9.95. The van der Waals surface area contributed by atoms with E-state index < -0.39 is 11.8 Å². The topological polar surface area (TPSA) is 71.1 Å². The van der Waals surface area contributed by atoms with Crippen molar-refractivity contribution in [2.45, 2.75) is 40.0 Å². The smallest absolute Gasteiger partial charge is 0.315 e. The first-order valence-electron chi connectivity index (χ1n) is 7.34. The van der Waals surface area contributed by atoms with Gasteiger partial charge in [-0.3, -0.25) is 14.9 Å². The third-order valence-corrected chi connectivity index (χ3v) is 4.43. The van der Waals surface area contributed by atoms with Crippen LogP contribution in [0, 0.1) is 13.8 Å². The Labute approximate surface area is 140 Å². The van der Waals surface area contributed by atoms with Crippen LogP contribution in [-0.2, 0) is 15.0 Å².